The Morgan fingerprint density at radius 3 is 2.40 bits per heavy atom. The molecule has 0 amide bonds. The van der Waals surface area contributed by atoms with Crippen molar-refractivity contribution in [1.82, 2.24) is 5.06 Å². The van der Waals surface area contributed by atoms with Crippen molar-refractivity contribution >= 4 is 0 Å². The summed E-state index contributed by atoms with van der Waals surface area (Å²) in [6.07, 6.45) is 0.248. The zero-order valence-electron chi connectivity index (χ0n) is 10.3. The number of hydroxylamine groups is 2. The van der Waals surface area contributed by atoms with Gasteiger partial charge in [0.25, 0.3) is 0 Å². The first-order valence-electron chi connectivity index (χ1n) is 5.63. The van der Waals surface area contributed by atoms with Crippen LogP contribution in [0.1, 0.15) is 27.7 Å². The van der Waals surface area contributed by atoms with E-state index < -0.39 is 0 Å². The second-order valence-electron chi connectivity index (χ2n) is 4.75. The second kappa shape index (κ2) is 5.80. The highest BCUT2D eigenvalue weighted by molar-refractivity contribution is 4.68. The van der Waals surface area contributed by atoms with Crippen LogP contribution in [-0.2, 0) is 14.3 Å². The smallest absolute Gasteiger partial charge is 0.108 e. The van der Waals surface area contributed by atoms with Gasteiger partial charge in [-0.1, -0.05) is 0 Å². The van der Waals surface area contributed by atoms with Crippen LogP contribution in [0.25, 0.3) is 0 Å². The lowest BCUT2D eigenvalue weighted by molar-refractivity contribution is -0.269. The predicted octanol–water partition coefficient (Wildman–Crippen LogP) is 1.45. The summed E-state index contributed by atoms with van der Waals surface area (Å²) >= 11 is 0. The highest BCUT2D eigenvalue weighted by Crippen LogP contribution is 2.14. The molecule has 0 bridgehead atoms. The Bertz CT molecular complexity index is 177. The van der Waals surface area contributed by atoms with Gasteiger partial charge in [-0.3, -0.25) is 4.84 Å². The highest BCUT2D eigenvalue weighted by Gasteiger charge is 2.24. The normalized spacial score (nSPS) is 19.8. The summed E-state index contributed by atoms with van der Waals surface area (Å²) in [6.45, 7) is 12.0. The molecule has 0 unspecified atom stereocenters. The van der Waals surface area contributed by atoms with Gasteiger partial charge >= 0.3 is 0 Å². The van der Waals surface area contributed by atoms with Crippen molar-refractivity contribution in [1.29, 1.82) is 0 Å². The molecule has 1 saturated heterocycles. The van der Waals surface area contributed by atoms with E-state index >= 15 is 0 Å². The Labute approximate surface area is 92.4 Å². The van der Waals surface area contributed by atoms with Crippen LogP contribution >= 0.6 is 0 Å². The average Bonchev–Trinajstić information content (AvgIpc) is 2.16. The summed E-state index contributed by atoms with van der Waals surface area (Å²) in [4.78, 5) is 5.86. The van der Waals surface area contributed by atoms with Crippen molar-refractivity contribution in [2.75, 3.05) is 32.9 Å². The molecular weight excluding hydrogens is 194 g/mol. The van der Waals surface area contributed by atoms with Crippen molar-refractivity contribution in [3.05, 3.63) is 0 Å². The Morgan fingerprint density at radius 1 is 1.27 bits per heavy atom. The molecule has 1 heterocycles. The van der Waals surface area contributed by atoms with Gasteiger partial charge in [-0.2, -0.15) is 5.06 Å². The molecule has 90 valence electrons. The molecular formula is C11H23NO3. The summed E-state index contributed by atoms with van der Waals surface area (Å²) in [5, 5.41) is 1.97. The molecule has 4 nitrogen and oxygen atoms in total. The zero-order valence-corrected chi connectivity index (χ0v) is 10.3. The number of rotatable bonds is 5. The quantitative estimate of drug-likeness (QED) is 0.697. The first-order valence-corrected chi connectivity index (χ1v) is 5.63. The van der Waals surface area contributed by atoms with Crippen LogP contribution in [0.2, 0.25) is 0 Å². The minimum Gasteiger partial charge on any atom is -0.379 e. The molecule has 1 rings (SSSR count). The van der Waals surface area contributed by atoms with Gasteiger partial charge < -0.3 is 9.47 Å². The molecule has 0 aromatic heterocycles. The molecule has 0 atom stereocenters. The molecule has 0 N–H and O–H groups in total. The maximum absolute atomic E-state index is 5.86. The van der Waals surface area contributed by atoms with Crippen LogP contribution in [0.3, 0.4) is 0 Å². The van der Waals surface area contributed by atoms with E-state index in [0.29, 0.717) is 6.61 Å². The van der Waals surface area contributed by atoms with Gasteiger partial charge in [-0.25, -0.2) is 0 Å². The fraction of sp³-hybridized carbons (Fsp3) is 1.00. The monoisotopic (exact) mass is 217 g/mol. The molecule has 0 radical (unpaired) electrons. The van der Waals surface area contributed by atoms with Crippen LogP contribution in [0.5, 0.6) is 0 Å². The molecule has 15 heavy (non-hydrogen) atoms. The summed E-state index contributed by atoms with van der Waals surface area (Å²) < 4.78 is 10.8. The van der Waals surface area contributed by atoms with E-state index in [-0.39, 0.29) is 11.7 Å². The first-order chi connectivity index (χ1) is 6.99. The summed E-state index contributed by atoms with van der Waals surface area (Å²) in [7, 11) is 0. The fourth-order valence-corrected chi connectivity index (χ4v) is 1.38. The summed E-state index contributed by atoms with van der Waals surface area (Å²) in [6, 6.07) is 0. The number of morpholine rings is 1. The number of hydrogen-bond acceptors (Lipinski definition) is 4. The lowest BCUT2D eigenvalue weighted by atomic mass is 10.1. The molecule has 0 aromatic carbocycles. The van der Waals surface area contributed by atoms with Gasteiger partial charge in [-0.05, 0) is 27.7 Å². The summed E-state index contributed by atoms with van der Waals surface area (Å²) in [5.74, 6) is 0. The van der Waals surface area contributed by atoms with E-state index in [4.69, 9.17) is 14.3 Å². The van der Waals surface area contributed by atoms with E-state index in [0.717, 1.165) is 26.3 Å². The Morgan fingerprint density at radius 2 is 1.87 bits per heavy atom. The highest BCUT2D eigenvalue weighted by atomic mass is 16.7. The first kappa shape index (κ1) is 12.9. The van der Waals surface area contributed by atoms with Gasteiger partial charge in [0.2, 0.25) is 0 Å². The standard InChI is InChI=1S/C11H23NO3/c1-10(2)14-9-11(3,4)15-12-5-7-13-8-6-12/h10H,5-9H2,1-4H3. The van der Waals surface area contributed by atoms with Crippen molar-refractivity contribution in [3.63, 3.8) is 0 Å². The Balaban J connectivity index is 2.26. The predicted molar refractivity (Wildman–Crippen MR) is 58.6 cm³/mol. The number of hydrogen-bond donors (Lipinski definition) is 0. The maximum atomic E-state index is 5.86. The van der Waals surface area contributed by atoms with Crippen molar-refractivity contribution in [2.45, 2.75) is 39.4 Å². The minimum atomic E-state index is -0.262. The van der Waals surface area contributed by atoms with Crippen molar-refractivity contribution in [2.24, 2.45) is 0 Å². The lowest BCUT2D eigenvalue weighted by Crippen LogP contribution is -2.44. The minimum absolute atomic E-state index is 0.248. The zero-order chi connectivity index (χ0) is 11.3. The Hall–Kier alpha value is -0.160. The van der Waals surface area contributed by atoms with Crippen LogP contribution in [0.15, 0.2) is 0 Å². The molecule has 0 saturated carbocycles. The molecule has 0 aromatic rings. The molecule has 1 aliphatic rings. The third kappa shape index (κ3) is 5.47. The van der Waals surface area contributed by atoms with Crippen molar-refractivity contribution in [3.8, 4) is 0 Å². The molecule has 4 heteroatoms. The van der Waals surface area contributed by atoms with Gasteiger partial charge in [0.15, 0.2) is 0 Å². The molecule has 0 aliphatic carbocycles. The lowest BCUT2D eigenvalue weighted by Gasteiger charge is -2.34. The third-order valence-electron chi connectivity index (χ3n) is 2.11. The molecule has 1 fully saturated rings. The van der Waals surface area contributed by atoms with E-state index in [1.54, 1.807) is 0 Å². The number of ether oxygens (including phenoxy) is 2. The van der Waals surface area contributed by atoms with Gasteiger partial charge in [0.05, 0.1) is 25.9 Å². The maximum Gasteiger partial charge on any atom is 0.108 e. The SMILES string of the molecule is CC(C)OCC(C)(C)ON1CCOCC1. The number of nitrogens with zero attached hydrogens (tertiary/aromatic N) is 1. The summed E-state index contributed by atoms with van der Waals surface area (Å²) in [5.41, 5.74) is -0.262. The van der Waals surface area contributed by atoms with E-state index in [9.17, 15) is 0 Å². The molecule has 1 aliphatic heterocycles. The van der Waals surface area contributed by atoms with Gasteiger partial charge in [-0.15, -0.1) is 0 Å². The van der Waals surface area contributed by atoms with Gasteiger partial charge in [0.1, 0.15) is 5.60 Å². The van der Waals surface area contributed by atoms with E-state index in [2.05, 4.69) is 0 Å². The van der Waals surface area contributed by atoms with Gasteiger partial charge in [0, 0.05) is 13.1 Å². The van der Waals surface area contributed by atoms with Crippen LogP contribution < -0.4 is 0 Å². The Kier molecular flexibility index (Phi) is 4.99. The topological polar surface area (TPSA) is 30.9 Å². The molecule has 0 spiro atoms. The van der Waals surface area contributed by atoms with E-state index in [1.807, 2.05) is 32.8 Å². The van der Waals surface area contributed by atoms with Crippen LogP contribution in [0.4, 0.5) is 0 Å². The van der Waals surface area contributed by atoms with E-state index in [1.165, 1.54) is 0 Å². The largest absolute Gasteiger partial charge is 0.379 e. The van der Waals surface area contributed by atoms with Crippen LogP contribution in [0, 0.1) is 0 Å². The average molecular weight is 217 g/mol. The fourth-order valence-electron chi connectivity index (χ4n) is 1.38. The van der Waals surface area contributed by atoms with Crippen molar-refractivity contribution < 1.29 is 14.3 Å². The second-order valence-corrected chi connectivity index (χ2v) is 4.75. The van der Waals surface area contributed by atoms with Crippen LogP contribution in [-0.4, -0.2) is 49.7 Å². The third-order valence-corrected chi connectivity index (χ3v) is 2.11.